The van der Waals surface area contributed by atoms with Crippen molar-refractivity contribution in [3.63, 3.8) is 0 Å². The highest BCUT2D eigenvalue weighted by atomic mass is 35.5. The Bertz CT molecular complexity index is 341. The summed E-state index contributed by atoms with van der Waals surface area (Å²) in [5.74, 6) is 0.535. The first-order chi connectivity index (χ1) is 6.98. The summed E-state index contributed by atoms with van der Waals surface area (Å²) in [6, 6.07) is 5.59. The number of ether oxygens (including phenoxy) is 1. The Morgan fingerprint density at radius 1 is 1.40 bits per heavy atom. The summed E-state index contributed by atoms with van der Waals surface area (Å²) in [7, 11) is 0.0692. The van der Waals surface area contributed by atoms with E-state index >= 15 is 0 Å². The highest BCUT2D eigenvalue weighted by Crippen LogP contribution is 2.21. The lowest BCUT2D eigenvalue weighted by atomic mass is 10.2. The molecule has 0 aromatic heterocycles. The van der Waals surface area contributed by atoms with Gasteiger partial charge in [-0.05, 0) is 29.8 Å². The summed E-state index contributed by atoms with van der Waals surface area (Å²) >= 11 is 5.88. The van der Waals surface area contributed by atoms with Crippen LogP contribution in [0.1, 0.15) is 5.56 Å². The molecule has 1 aromatic rings. The van der Waals surface area contributed by atoms with Gasteiger partial charge in [0.2, 0.25) is 0 Å². The van der Waals surface area contributed by atoms with Gasteiger partial charge in [-0.1, -0.05) is 13.1 Å². The van der Waals surface area contributed by atoms with Gasteiger partial charge >= 0.3 is 0 Å². The van der Waals surface area contributed by atoms with Crippen LogP contribution in [0.3, 0.4) is 0 Å². The summed E-state index contributed by atoms with van der Waals surface area (Å²) in [5.41, 5.74) is 1.36. The van der Waals surface area contributed by atoms with E-state index in [-0.39, 0.29) is 5.82 Å². The van der Waals surface area contributed by atoms with Crippen LogP contribution in [0.2, 0.25) is 13.1 Å². The second kappa shape index (κ2) is 4.99. The molecule has 4 heteroatoms. The molecule has 0 atom stereocenters. The van der Waals surface area contributed by atoms with E-state index in [0.29, 0.717) is 16.8 Å². The van der Waals surface area contributed by atoms with Crippen molar-refractivity contribution in [2.45, 2.75) is 19.1 Å². The fourth-order valence-electron chi connectivity index (χ4n) is 1.38. The Hall–Kier alpha value is -0.543. The third kappa shape index (κ3) is 3.50. The number of benzene rings is 1. The molecule has 0 radical (unpaired) electrons. The molecular formula is C11H16ClFOSi. The highest BCUT2D eigenvalue weighted by Gasteiger charge is 2.21. The van der Waals surface area contributed by atoms with Crippen LogP contribution >= 0.6 is 11.6 Å². The summed E-state index contributed by atoms with van der Waals surface area (Å²) in [6.45, 7) is 4.30. The van der Waals surface area contributed by atoms with Gasteiger partial charge in [0.1, 0.15) is 11.6 Å². The van der Waals surface area contributed by atoms with Crippen LogP contribution in [0, 0.1) is 5.82 Å². The maximum atomic E-state index is 13.5. The lowest BCUT2D eigenvalue weighted by Gasteiger charge is -2.19. The molecule has 1 rings (SSSR count). The fourth-order valence-corrected chi connectivity index (χ4v) is 3.06. The van der Waals surface area contributed by atoms with Crippen molar-refractivity contribution >= 4 is 19.7 Å². The van der Waals surface area contributed by atoms with Crippen LogP contribution in [-0.4, -0.2) is 20.7 Å². The monoisotopic (exact) mass is 246 g/mol. The zero-order chi connectivity index (χ0) is 11.5. The third-order valence-electron chi connectivity index (χ3n) is 2.28. The van der Waals surface area contributed by atoms with Crippen molar-refractivity contribution < 1.29 is 9.13 Å². The van der Waals surface area contributed by atoms with Crippen LogP contribution < -0.4 is 4.74 Å². The number of halogens is 2. The Labute approximate surface area is 96.2 Å². The topological polar surface area (TPSA) is 9.23 Å². The summed E-state index contributed by atoms with van der Waals surface area (Å²) < 4.78 is 18.6. The first kappa shape index (κ1) is 12.5. The number of methoxy groups -OCH3 is 1. The molecule has 1 aromatic carbocycles. The lowest BCUT2D eigenvalue weighted by Crippen LogP contribution is -2.32. The summed E-state index contributed by atoms with van der Waals surface area (Å²) in [5, 5.41) is 0. The van der Waals surface area contributed by atoms with Gasteiger partial charge in [0.15, 0.2) is 0 Å². The minimum Gasteiger partial charge on any atom is -0.497 e. The molecular weight excluding hydrogens is 231 g/mol. The molecule has 15 heavy (non-hydrogen) atoms. The predicted molar refractivity (Wildman–Crippen MR) is 64.9 cm³/mol. The zero-order valence-electron chi connectivity index (χ0n) is 9.31. The molecule has 84 valence electrons. The van der Waals surface area contributed by atoms with E-state index in [0.717, 1.165) is 6.04 Å². The van der Waals surface area contributed by atoms with Gasteiger partial charge in [0.25, 0.3) is 0 Å². The van der Waals surface area contributed by atoms with Crippen molar-refractivity contribution in [2.75, 3.05) is 12.6 Å². The predicted octanol–water partition coefficient (Wildman–Crippen LogP) is 3.40. The van der Waals surface area contributed by atoms with Crippen molar-refractivity contribution in [1.29, 1.82) is 0 Å². The maximum absolute atomic E-state index is 13.5. The number of hydrogen-bond donors (Lipinski definition) is 0. The molecule has 1 nitrogen and oxygen atoms in total. The number of rotatable bonds is 4. The van der Waals surface area contributed by atoms with Gasteiger partial charge in [0, 0.05) is 5.50 Å². The van der Waals surface area contributed by atoms with Crippen molar-refractivity contribution in [1.82, 2.24) is 0 Å². The Kier molecular flexibility index (Phi) is 4.17. The largest absolute Gasteiger partial charge is 0.497 e. The Morgan fingerprint density at radius 2 is 2.07 bits per heavy atom. The average Bonchev–Trinajstić information content (AvgIpc) is 2.21. The standard InChI is InChI=1S/C11H16ClFOSi/c1-14-10-4-5-11(13)9(6-10)7-15(2,3)8-12/h4-6H,7-8H2,1-3H3. The minimum absolute atomic E-state index is 0.165. The van der Waals surface area contributed by atoms with Gasteiger partial charge in [0.05, 0.1) is 15.2 Å². The van der Waals surface area contributed by atoms with E-state index < -0.39 is 8.07 Å². The molecule has 0 fully saturated rings. The van der Waals surface area contributed by atoms with Crippen LogP contribution in [0.4, 0.5) is 4.39 Å². The SMILES string of the molecule is COc1ccc(F)c(C[Si](C)(C)CCl)c1. The maximum Gasteiger partial charge on any atom is 0.126 e. The quantitative estimate of drug-likeness (QED) is 0.585. The van der Waals surface area contributed by atoms with E-state index in [4.69, 9.17) is 16.3 Å². The van der Waals surface area contributed by atoms with Gasteiger partial charge in [-0.2, -0.15) is 0 Å². The highest BCUT2D eigenvalue weighted by molar-refractivity contribution is 6.82. The van der Waals surface area contributed by atoms with Gasteiger partial charge < -0.3 is 4.74 Å². The van der Waals surface area contributed by atoms with Crippen LogP contribution in [0.25, 0.3) is 0 Å². The van der Waals surface area contributed by atoms with Crippen LogP contribution in [0.15, 0.2) is 18.2 Å². The van der Waals surface area contributed by atoms with Crippen molar-refractivity contribution in [3.8, 4) is 5.75 Å². The summed E-state index contributed by atoms with van der Waals surface area (Å²) in [4.78, 5) is 0. The first-order valence-corrected chi connectivity index (χ1v) is 8.82. The second-order valence-corrected chi connectivity index (χ2v) is 10.2. The Morgan fingerprint density at radius 3 is 2.60 bits per heavy atom. The number of hydrogen-bond acceptors (Lipinski definition) is 1. The van der Waals surface area contributed by atoms with Crippen LogP contribution in [-0.2, 0) is 6.04 Å². The van der Waals surface area contributed by atoms with Crippen molar-refractivity contribution in [2.24, 2.45) is 0 Å². The van der Waals surface area contributed by atoms with E-state index in [1.165, 1.54) is 6.07 Å². The molecule has 0 N–H and O–H groups in total. The zero-order valence-corrected chi connectivity index (χ0v) is 11.1. The number of alkyl halides is 1. The third-order valence-corrected chi connectivity index (χ3v) is 6.52. The summed E-state index contributed by atoms with van der Waals surface area (Å²) in [6.07, 6.45) is 0. The molecule has 0 heterocycles. The molecule has 0 aliphatic heterocycles. The van der Waals surface area contributed by atoms with Crippen molar-refractivity contribution in [3.05, 3.63) is 29.6 Å². The molecule has 0 amide bonds. The minimum atomic E-state index is -1.52. The van der Waals surface area contributed by atoms with Gasteiger partial charge in [-0.25, -0.2) is 4.39 Å². The lowest BCUT2D eigenvalue weighted by molar-refractivity contribution is 0.413. The van der Waals surface area contributed by atoms with E-state index in [2.05, 4.69) is 13.1 Å². The molecule has 0 aliphatic carbocycles. The molecule has 0 saturated heterocycles. The van der Waals surface area contributed by atoms with E-state index in [1.54, 1.807) is 19.2 Å². The molecule has 0 saturated carbocycles. The molecule has 0 unspecified atom stereocenters. The normalized spacial score (nSPS) is 11.5. The average molecular weight is 247 g/mol. The second-order valence-electron chi connectivity index (χ2n) is 4.43. The first-order valence-electron chi connectivity index (χ1n) is 4.87. The molecule has 0 bridgehead atoms. The molecule has 0 aliphatic rings. The van der Waals surface area contributed by atoms with Gasteiger partial charge in [-0.15, -0.1) is 11.6 Å². The smallest absolute Gasteiger partial charge is 0.126 e. The molecule has 0 spiro atoms. The fraction of sp³-hybridized carbons (Fsp3) is 0.455. The van der Waals surface area contributed by atoms with Gasteiger partial charge in [-0.3, -0.25) is 0 Å². The van der Waals surface area contributed by atoms with E-state index in [1.807, 2.05) is 0 Å². The Balaban J connectivity index is 2.93. The van der Waals surface area contributed by atoms with E-state index in [9.17, 15) is 4.39 Å². The van der Waals surface area contributed by atoms with Crippen LogP contribution in [0.5, 0.6) is 5.75 Å².